The maximum Gasteiger partial charge on any atom is 0.188 e. The lowest BCUT2D eigenvalue weighted by Crippen LogP contribution is -2.17. The van der Waals surface area contributed by atoms with Crippen LogP contribution in [0, 0.1) is 0 Å². The van der Waals surface area contributed by atoms with Crippen LogP contribution in [0.25, 0.3) is 0 Å². The van der Waals surface area contributed by atoms with E-state index >= 15 is 0 Å². The third-order valence-electron chi connectivity index (χ3n) is 3.71. The van der Waals surface area contributed by atoms with E-state index in [1.807, 2.05) is 13.8 Å². The zero-order chi connectivity index (χ0) is 17.7. The molecule has 0 aromatic heterocycles. The Labute approximate surface area is 149 Å². The first-order valence-corrected chi connectivity index (χ1v) is 9.92. The van der Waals surface area contributed by atoms with Gasteiger partial charge in [-0.2, -0.15) is 0 Å². The van der Waals surface area contributed by atoms with Crippen LogP contribution in [0.15, 0.2) is 12.3 Å². The van der Waals surface area contributed by atoms with Crippen molar-refractivity contribution in [3.8, 4) is 0 Å². The summed E-state index contributed by atoms with van der Waals surface area (Å²) in [5, 5.41) is 0. The number of hydrogen-bond acceptors (Lipinski definition) is 4. The average molecular weight is 345 g/mol. The van der Waals surface area contributed by atoms with Gasteiger partial charge >= 0.3 is 0 Å². The molecule has 144 valence electrons. The summed E-state index contributed by atoms with van der Waals surface area (Å²) in [5.41, 5.74) is 0. The van der Waals surface area contributed by atoms with Crippen LogP contribution in [-0.4, -0.2) is 32.9 Å². The Morgan fingerprint density at radius 2 is 1.42 bits per heavy atom. The van der Waals surface area contributed by atoms with Crippen molar-refractivity contribution >= 4 is 0 Å². The van der Waals surface area contributed by atoms with Crippen LogP contribution in [-0.2, 0) is 18.9 Å². The van der Waals surface area contributed by atoms with E-state index in [1.54, 1.807) is 6.26 Å². The van der Waals surface area contributed by atoms with E-state index in [0.717, 1.165) is 39.1 Å². The lowest BCUT2D eigenvalue weighted by Gasteiger charge is -2.16. The molecule has 0 radical (unpaired) electrons. The second-order valence-electron chi connectivity index (χ2n) is 5.96. The van der Waals surface area contributed by atoms with E-state index in [-0.39, 0.29) is 6.29 Å². The monoisotopic (exact) mass is 344 g/mol. The van der Waals surface area contributed by atoms with Gasteiger partial charge < -0.3 is 18.9 Å². The summed E-state index contributed by atoms with van der Waals surface area (Å²) in [6, 6.07) is 0. The number of hydrogen-bond donors (Lipinski definition) is 0. The molecule has 0 amide bonds. The number of unbranched alkanes of at least 4 members (excludes halogenated alkanes) is 7. The molecule has 0 atom stereocenters. The largest absolute Gasteiger partial charge is 0.475 e. The minimum absolute atomic E-state index is 0.00128. The minimum Gasteiger partial charge on any atom is -0.475 e. The summed E-state index contributed by atoms with van der Waals surface area (Å²) in [7, 11) is 0. The molecule has 0 rings (SSSR count). The smallest absolute Gasteiger partial charge is 0.188 e. The number of rotatable bonds is 19. The van der Waals surface area contributed by atoms with Crippen LogP contribution in [0.5, 0.6) is 0 Å². The first-order valence-electron chi connectivity index (χ1n) is 9.92. The van der Waals surface area contributed by atoms with Gasteiger partial charge in [0, 0.05) is 13.2 Å². The standard InChI is InChI=1S/C20H40O4/c1-4-17-21-19-22-18-15-13-11-9-7-8-10-12-14-16-20(23-5-2)24-6-3/h15,18,20H,4-14,16-17,19H2,1-3H3. The summed E-state index contributed by atoms with van der Waals surface area (Å²) in [6.07, 6.45) is 16.0. The van der Waals surface area contributed by atoms with E-state index in [4.69, 9.17) is 18.9 Å². The Morgan fingerprint density at radius 3 is 2.04 bits per heavy atom. The molecule has 0 heterocycles. The summed E-state index contributed by atoms with van der Waals surface area (Å²) >= 11 is 0. The van der Waals surface area contributed by atoms with Crippen LogP contribution in [0.1, 0.15) is 85.0 Å². The van der Waals surface area contributed by atoms with Crippen molar-refractivity contribution in [1.29, 1.82) is 0 Å². The van der Waals surface area contributed by atoms with Crippen LogP contribution in [0.4, 0.5) is 0 Å². The van der Waals surface area contributed by atoms with Gasteiger partial charge in [-0.15, -0.1) is 0 Å². The zero-order valence-electron chi connectivity index (χ0n) is 16.3. The van der Waals surface area contributed by atoms with E-state index in [1.165, 1.54) is 44.9 Å². The molecule has 0 unspecified atom stereocenters. The van der Waals surface area contributed by atoms with Gasteiger partial charge in [0.05, 0.1) is 12.9 Å². The van der Waals surface area contributed by atoms with Gasteiger partial charge in [-0.1, -0.05) is 39.0 Å². The summed E-state index contributed by atoms with van der Waals surface area (Å²) in [4.78, 5) is 0. The quantitative estimate of drug-likeness (QED) is 0.168. The van der Waals surface area contributed by atoms with E-state index in [9.17, 15) is 0 Å². The fourth-order valence-corrected chi connectivity index (χ4v) is 2.47. The molecule has 0 aliphatic carbocycles. The summed E-state index contributed by atoms with van der Waals surface area (Å²) in [5.74, 6) is 0. The van der Waals surface area contributed by atoms with Gasteiger partial charge in [-0.25, -0.2) is 0 Å². The fraction of sp³-hybridized carbons (Fsp3) is 0.900. The van der Waals surface area contributed by atoms with Gasteiger partial charge in [0.2, 0.25) is 0 Å². The zero-order valence-corrected chi connectivity index (χ0v) is 16.3. The van der Waals surface area contributed by atoms with Gasteiger partial charge in [0.25, 0.3) is 0 Å². The highest BCUT2D eigenvalue weighted by atomic mass is 16.7. The molecule has 0 saturated heterocycles. The molecule has 4 heteroatoms. The van der Waals surface area contributed by atoms with Crippen LogP contribution >= 0.6 is 0 Å². The van der Waals surface area contributed by atoms with Crippen molar-refractivity contribution in [3.63, 3.8) is 0 Å². The molecule has 24 heavy (non-hydrogen) atoms. The Morgan fingerprint density at radius 1 is 0.792 bits per heavy atom. The maximum absolute atomic E-state index is 5.55. The lowest BCUT2D eigenvalue weighted by atomic mass is 10.1. The predicted molar refractivity (Wildman–Crippen MR) is 99.9 cm³/mol. The molecular formula is C20H40O4. The molecule has 4 nitrogen and oxygen atoms in total. The third-order valence-corrected chi connectivity index (χ3v) is 3.71. The van der Waals surface area contributed by atoms with Gasteiger partial charge in [0.15, 0.2) is 13.1 Å². The van der Waals surface area contributed by atoms with Gasteiger partial charge in [-0.3, -0.25) is 0 Å². The van der Waals surface area contributed by atoms with E-state index < -0.39 is 0 Å². The maximum atomic E-state index is 5.55. The lowest BCUT2D eigenvalue weighted by molar-refractivity contribution is -0.140. The molecule has 0 N–H and O–H groups in total. The second-order valence-corrected chi connectivity index (χ2v) is 5.96. The van der Waals surface area contributed by atoms with Gasteiger partial charge in [-0.05, 0) is 52.0 Å². The molecule has 0 saturated carbocycles. The average Bonchev–Trinajstić information content (AvgIpc) is 2.58. The molecular weight excluding hydrogens is 304 g/mol. The SMILES string of the molecule is CCCOCOC=CCCCCCCCCCC(OCC)OCC. The van der Waals surface area contributed by atoms with Crippen molar-refractivity contribution in [3.05, 3.63) is 12.3 Å². The van der Waals surface area contributed by atoms with E-state index in [0.29, 0.717) is 6.79 Å². The Bertz CT molecular complexity index is 250. The highest BCUT2D eigenvalue weighted by Crippen LogP contribution is 2.12. The number of ether oxygens (including phenoxy) is 4. The number of allylic oxidation sites excluding steroid dienone is 1. The summed E-state index contributed by atoms with van der Waals surface area (Å²) in [6.45, 7) is 8.74. The first-order chi connectivity index (χ1) is 11.8. The fourth-order valence-electron chi connectivity index (χ4n) is 2.47. The predicted octanol–water partition coefficient (Wildman–Crippen LogP) is 5.81. The molecule has 0 aromatic rings. The molecule has 0 fully saturated rings. The Hall–Kier alpha value is -0.580. The minimum atomic E-state index is 0.00128. The molecule has 0 bridgehead atoms. The normalized spacial score (nSPS) is 11.7. The Kier molecular flexibility index (Phi) is 20.0. The highest BCUT2D eigenvalue weighted by molar-refractivity contribution is 4.72. The molecule has 0 spiro atoms. The van der Waals surface area contributed by atoms with Crippen molar-refractivity contribution in [1.82, 2.24) is 0 Å². The topological polar surface area (TPSA) is 36.9 Å². The molecule has 0 aliphatic heterocycles. The highest BCUT2D eigenvalue weighted by Gasteiger charge is 2.06. The molecule has 0 aliphatic rings. The Balaban J connectivity index is 3.23. The second kappa shape index (κ2) is 20.5. The first kappa shape index (κ1) is 23.4. The van der Waals surface area contributed by atoms with Crippen LogP contribution < -0.4 is 0 Å². The van der Waals surface area contributed by atoms with Gasteiger partial charge in [0.1, 0.15) is 0 Å². The van der Waals surface area contributed by atoms with Crippen molar-refractivity contribution in [2.24, 2.45) is 0 Å². The van der Waals surface area contributed by atoms with Crippen molar-refractivity contribution in [2.45, 2.75) is 91.3 Å². The third kappa shape index (κ3) is 17.8. The van der Waals surface area contributed by atoms with Crippen molar-refractivity contribution in [2.75, 3.05) is 26.6 Å². The van der Waals surface area contributed by atoms with Crippen molar-refractivity contribution < 1.29 is 18.9 Å². The summed E-state index contributed by atoms with van der Waals surface area (Å²) < 4.78 is 21.6. The van der Waals surface area contributed by atoms with E-state index in [2.05, 4.69) is 13.0 Å². The van der Waals surface area contributed by atoms with Crippen LogP contribution in [0.2, 0.25) is 0 Å². The molecule has 0 aromatic carbocycles. The van der Waals surface area contributed by atoms with Crippen LogP contribution in [0.3, 0.4) is 0 Å².